The van der Waals surface area contributed by atoms with Gasteiger partial charge in [-0.25, -0.2) is 0 Å². The molecule has 0 bridgehead atoms. The van der Waals surface area contributed by atoms with Gasteiger partial charge in [0.1, 0.15) is 5.75 Å². The summed E-state index contributed by atoms with van der Waals surface area (Å²) >= 11 is 3.45. The Morgan fingerprint density at radius 2 is 2.06 bits per heavy atom. The van der Waals surface area contributed by atoms with E-state index in [2.05, 4.69) is 21.2 Å². The van der Waals surface area contributed by atoms with Gasteiger partial charge in [-0.2, -0.15) is 0 Å². The van der Waals surface area contributed by atoms with E-state index >= 15 is 0 Å². The zero-order chi connectivity index (χ0) is 12.3. The lowest BCUT2D eigenvalue weighted by atomic mass is 9.92. The highest BCUT2D eigenvalue weighted by Crippen LogP contribution is 2.27. The molecule has 1 saturated carbocycles. The van der Waals surface area contributed by atoms with E-state index in [0.29, 0.717) is 0 Å². The third kappa shape index (κ3) is 3.36. The maximum absolute atomic E-state index is 9.92. The van der Waals surface area contributed by atoms with Crippen LogP contribution in [0.4, 0.5) is 5.69 Å². The third-order valence-electron chi connectivity index (χ3n) is 3.19. The van der Waals surface area contributed by atoms with Gasteiger partial charge in [0.05, 0.1) is 19.3 Å². The van der Waals surface area contributed by atoms with Crippen molar-refractivity contribution in [3.8, 4) is 5.75 Å². The molecule has 2 rings (SSSR count). The maximum Gasteiger partial charge on any atom is 0.122 e. The number of aliphatic hydroxyl groups is 1. The smallest absolute Gasteiger partial charge is 0.122 e. The van der Waals surface area contributed by atoms with Crippen molar-refractivity contribution in [3.63, 3.8) is 0 Å². The standard InChI is InChI=1S/C13H18BrNO2/c1-17-11-7-9(14)6-10(8-11)15-12-4-2-3-5-13(12)16/h6-8,12-13,15-16H,2-5H2,1H3/t12-,13-/m0/s1. The van der Waals surface area contributed by atoms with Crippen LogP contribution >= 0.6 is 15.9 Å². The molecule has 17 heavy (non-hydrogen) atoms. The van der Waals surface area contributed by atoms with Crippen LogP contribution in [-0.4, -0.2) is 24.4 Å². The number of hydrogen-bond acceptors (Lipinski definition) is 3. The lowest BCUT2D eigenvalue weighted by molar-refractivity contribution is 0.116. The van der Waals surface area contributed by atoms with Crippen LogP contribution in [0.2, 0.25) is 0 Å². The molecular weight excluding hydrogens is 282 g/mol. The number of anilines is 1. The van der Waals surface area contributed by atoms with Gasteiger partial charge in [0.15, 0.2) is 0 Å². The van der Waals surface area contributed by atoms with Crippen molar-refractivity contribution in [3.05, 3.63) is 22.7 Å². The Morgan fingerprint density at radius 1 is 1.29 bits per heavy atom. The van der Waals surface area contributed by atoms with E-state index in [-0.39, 0.29) is 12.1 Å². The van der Waals surface area contributed by atoms with E-state index < -0.39 is 0 Å². The highest BCUT2D eigenvalue weighted by Gasteiger charge is 2.22. The molecule has 0 saturated heterocycles. The first-order valence-electron chi connectivity index (χ1n) is 5.98. The Kier molecular flexibility index (Phi) is 4.29. The fourth-order valence-corrected chi connectivity index (χ4v) is 2.73. The Hall–Kier alpha value is -0.740. The average molecular weight is 300 g/mol. The first-order valence-corrected chi connectivity index (χ1v) is 6.77. The lowest BCUT2D eigenvalue weighted by Gasteiger charge is -2.29. The molecule has 0 aromatic heterocycles. The number of methoxy groups -OCH3 is 1. The van der Waals surface area contributed by atoms with Crippen molar-refractivity contribution in [1.29, 1.82) is 0 Å². The average Bonchev–Trinajstić information content (AvgIpc) is 2.31. The summed E-state index contributed by atoms with van der Waals surface area (Å²) in [4.78, 5) is 0. The summed E-state index contributed by atoms with van der Waals surface area (Å²) in [5.41, 5.74) is 0.988. The summed E-state index contributed by atoms with van der Waals surface area (Å²) in [5, 5.41) is 13.3. The van der Waals surface area contributed by atoms with Gasteiger partial charge in [0, 0.05) is 16.2 Å². The second-order valence-corrected chi connectivity index (χ2v) is 5.40. The quantitative estimate of drug-likeness (QED) is 0.901. The molecule has 1 aliphatic rings. The summed E-state index contributed by atoms with van der Waals surface area (Å²) in [6.07, 6.45) is 3.98. The molecule has 94 valence electrons. The number of hydrogen-bond donors (Lipinski definition) is 2. The minimum Gasteiger partial charge on any atom is -0.497 e. The predicted octanol–water partition coefficient (Wildman–Crippen LogP) is 3.17. The SMILES string of the molecule is COc1cc(Br)cc(N[C@H]2CCCC[C@@H]2O)c1. The Balaban J connectivity index is 2.09. The monoisotopic (exact) mass is 299 g/mol. The first kappa shape index (κ1) is 12.7. The van der Waals surface area contributed by atoms with E-state index in [9.17, 15) is 5.11 Å². The van der Waals surface area contributed by atoms with Crippen LogP contribution in [0.1, 0.15) is 25.7 Å². The predicted molar refractivity (Wildman–Crippen MR) is 72.6 cm³/mol. The van der Waals surface area contributed by atoms with Crippen molar-refractivity contribution in [1.82, 2.24) is 0 Å². The van der Waals surface area contributed by atoms with Gasteiger partial charge in [-0.15, -0.1) is 0 Å². The number of nitrogens with one attached hydrogen (secondary N) is 1. The van der Waals surface area contributed by atoms with Crippen LogP contribution in [0.25, 0.3) is 0 Å². The van der Waals surface area contributed by atoms with Crippen LogP contribution < -0.4 is 10.1 Å². The molecule has 0 heterocycles. The molecule has 0 amide bonds. The second-order valence-electron chi connectivity index (χ2n) is 4.48. The molecular formula is C13H18BrNO2. The van der Waals surface area contributed by atoms with E-state index in [1.54, 1.807) is 7.11 Å². The fraction of sp³-hybridized carbons (Fsp3) is 0.538. The molecule has 0 aliphatic heterocycles. The van der Waals surface area contributed by atoms with Crippen LogP contribution in [0.5, 0.6) is 5.75 Å². The van der Waals surface area contributed by atoms with Crippen molar-refractivity contribution >= 4 is 21.6 Å². The van der Waals surface area contributed by atoms with Crippen LogP contribution in [-0.2, 0) is 0 Å². The maximum atomic E-state index is 9.92. The second kappa shape index (κ2) is 5.74. The Bertz CT molecular complexity index is 384. The Labute approximate surface area is 110 Å². The lowest BCUT2D eigenvalue weighted by Crippen LogP contribution is -2.36. The zero-order valence-electron chi connectivity index (χ0n) is 9.95. The Morgan fingerprint density at radius 3 is 2.76 bits per heavy atom. The highest BCUT2D eigenvalue weighted by molar-refractivity contribution is 9.10. The minimum absolute atomic E-state index is 0.155. The van der Waals surface area contributed by atoms with E-state index in [0.717, 1.165) is 35.2 Å². The molecule has 0 radical (unpaired) electrons. The molecule has 2 atom stereocenters. The van der Waals surface area contributed by atoms with Crippen molar-refractivity contribution in [2.45, 2.75) is 37.8 Å². The number of ether oxygens (including phenoxy) is 1. The van der Waals surface area contributed by atoms with Gasteiger partial charge < -0.3 is 15.2 Å². The minimum atomic E-state index is -0.242. The van der Waals surface area contributed by atoms with Gasteiger partial charge in [-0.05, 0) is 25.0 Å². The summed E-state index contributed by atoms with van der Waals surface area (Å²) in [7, 11) is 1.65. The van der Waals surface area contributed by atoms with E-state index in [1.165, 1.54) is 6.42 Å². The number of benzene rings is 1. The zero-order valence-corrected chi connectivity index (χ0v) is 11.5. The molecule has 3 nitrogen and oxygen atoms in total. The van der Waals surface area contributed by atoms with Crippen LogP contribution in [0, 0.1) is 0 Å². The molecule has 1 aliphatic carbocycles. The number of aliphatic hydroxyl groups excluding tert-OH is 1. The summed E-state index contributed by atoms with van der Waals surface area (Å²) in [6, 6.07) is 6.03. The molecule has 1 aromatic carbocycles. The van der Waals surface area contributed by atoms with E-state index in [4.69, 9.17) is 4.74 Å². The number of rotatable bonds is 3. The molecule has 1 fully saturated rings. The van der Waals surface area contributed by atoms with E-state index in [1.807, 2.05) is 18.2 Å². The molecule has 1 aromatic rings. The van der Waals surface area contributed by atoms with Gasteiger partial charge in [-0.3, -0.25) is 0 Å². The van der Waals surface area contributed by atoms with Crippen LogP contribution in [0.15, 0.2) is 22.7 Å². The fourth-order valence-electron chi connectivity index (χ4n) is 2.26. The summed E-state index contributed by atoms with van der Waals surface area (Å²) < 4.78 is 6.20. The first-order chi connectivity index (χ1) is 8.19. The summed E-state index contributed by atoms with van der Waals surface area (Å²) in [6.45, 7) is 0. The molecule has 2 N–H and O–H groups in total. The van der Waals surface area contributed by atoms with Gasteiger partial charge in [-0.1, -0.05) is 28.8 Å². The summed E-state index contributed by atoms with van der Waals surface area (Å²) in [5.74, 6) is 0.812. The van der Waals surface area contributed by atoms with Crippen molar-refractivity contribution in [2.75, 3.05) is 12.4 Å². The van der Waals surface area contributed by atoms with Crippen LogP contribution in [0.3, 0.4) is 0 Å². The third-order valence-corrected chi connectivity index (χ3v) is 3.65. The van der Waals surface area contributed by atoms with Crippen molar-refractivity contribution < 1.29 is 9.84 Å². The topological polar surface area (TPSA) is 41.5 Å². The number of halogens is 1. The molecule has 4 heteroatoms. The molecule has 0 spiro atoms. The highest BCUT2D eigenvalue weighted by atomic mass is 79.9. The van der Waals surface area contributed by atoms with Gasteiger partial charge in [0.2, 0.25) is 0 Å². The molecule has 0 unspecified atom stereocenters. The van der Waals surface area contributed by atoms with Gasteiger partial charge in [0.25, 0.3) is 0 Å². The normalized spacial score (nSPS) is 24.4. The largest absolute Gasteiger partial charge is 0.497 e. The van der Waals surface area contributed by atoms with Gasteiger partial charge >= 0.3 is 0 Å². The van der Waals surface area contributed by atoms with Crippen molar-refractivity contribution in [2.24, 2.45) is 0 Å².